The number of hydrogen-bond donors (Lipinski definition) is 5. The quantitative estimate of drug-likeness (QED) is 0.212. The number of likely N-dealkylation sites (tertiary alicyclic amines) is 1. The van der Waals surface area contributed by atoms with Crippen molar-refractivity contribution < 1.29 is 67.4 Å². The Morgan fingerprint density at radius 2 is 0.955 bits per heavy atom. The Bertz CT molecular complexity index is 2700. The number of amides is 14. The SMILES string of the molecule is CC(C)C[C@H]1C(=O)N(C)[C@@H](C(C)C)C(=O)N[C@@H](C(C)C)C(=O)N(C)C(=O)N(C)[C@@H](C)C(=O)N[C@@H]([C@@H](C)O)C(=O)N(C)[C@@H](C)C(=O)N[C@H](C(=O)N2CCCCC2)C(=O)N(C)[C@@H](C)C(=O)N(C)C(C)C(=O)N(C)[C@@H](Cc2ccccc2)C(=O)NC(C)C(=O)N1C. The molecule has 492 valence electrons. The van der Waals surface area contributed by atoms with Crippen LogP contribution in [-0.4, -0.2) is 268 Å². The largest absolute Gasteiger partial charge is 0.391 e. The van der Waals surface area contributed by atoms with E-state index < -0.39 is 161 Å². The van der Waals surface area contributed by atoms with Crippen molar-refractivity contribution in [3.05, 3.63) is 35.9 Å². The van der Waals surface area contributed by atoms with Crippen molar-refractivity contribution in [3.63, 3.8) is 0 Å². The fraction of sp³-hybridized carbons (Fsp3) is 0.689. The Kier molecular flexibility index (Phi) is 27.5. The minimum Gasteiger partial charge on any atom is -0.391 e. The molecule has 14 amide bonds. The molecule has 1 aromatic carbocycles. The molecule has 27 nitrogen and oxygen atoms in total. The zero-order chi connectivity index (χ0) is 67.3. The minimum absolute atomic E-state index is 0.0495. The predicted octanol–water partition coefficient (Wildman–Crippen LogP) is -0.126. The summed E-state index contributed by atoms with van der Waals surface area (Å²) in [6.07, 6.45) is 0.474. The first-order chi connectivity index (χ1) is 40.8. The third-order valence-corrected chi connectivity index (χ3v) is 17.1. The van der Waals surface area contributed by atoms with Gasteiger partial charge >= 0.3 is 6.03 Å². The number of nitrogens with one attached hydrogen (secondary N) is 4. The van der Waals surface area contributed by atoms with E-state index in [2.05, 4.69) is 21.3 Å². The Balaban J connectivity index is 2.23. The highest BCUT2D eigenvalue weighted by atomic mass is 16.3. The zero-order valence-corrected chi connectivity index (χ0v) is 55.3. The number of carbonyl (C=O) groups excluding carboxylic acids is 13. The van der Waals surface area contributed by atoms with Gasteiger partial charge in [-0.3, -0.25) is 62.4 Å². The average Bonchev–Trinajstić information content (AvgIpc) is 3.25. The summed E-state index contributed by atoms with van der Waals surface area (Å²) in [5.74, 6) is -11.4. The van der Waals surface area contributed by atoms with Gasteiger partial charge in [0.25, 0.3) is 17.7 Å². The minimum atomic E-state index is -1.93. The lowest BCUT2D eigenvalue weighted by Gasteiger charge is -2.38. The van der Waals surface area contributed by atoms with E-state index in [0.717, 1.165) is 38.0 Å². The molecule has 12 atom stereocenters. The second-order valence-electron chi connectivity index (χ2n) is 24.7. The van der Waals surface area contributed by atoms with Crippen molar-refractivity contribution in [2.45, 2.75) is 188 Å². The summed E-state index contributed by atoms with van der Waals surface area (Å²) in [6, 6.07) is -7.86. The summed E-state index contributed by atoms with van der Waals surface area (Å²) < 4.78 is 0. The Hall–Kier alpha value is -7.71. The van der Waals surface area contributed by atoms with Crippen molar-refractivity contribution >= 4 is 76.9 Å². The van der Waals surface area contributed by atoms with Gasteiger partial charge in [0.2, 0.25) is 53.2 Å². The molecule has 2 aliphatic heterocycles. The molecule has 2 fully saturated rings. The number of carbonyl (C=O) groups is 13. The summed E-state index contributed by atoms with van der Waals surface area (Å²) >= 11 is 0. The maximum absolute atomic E-state index is 14.8. The van der Waals surface area contributed by atoms with Crippen LogP contribution in [0, 0.1) is 17.8 Å². The maximum Gasteiger partial charge on any atom is 0.326 e. The van der Waals surface area contributed by atoms with Crippen LogP contribution in [0.3, 0.4) is 0 Å². The number of rotatable bonds is 8. The van der Waals surface area contributed by atoms with Gasteiger partial charge in [-0.05, 0) is 90.5 Å². The molecule has 2 heterocycles. The lowest BCUT2D eigenvalue weighted by Crippen LogP contribution is -2.63. The molecule has 2 aliphatic rings. The van der Waals surface area contributed by atoms with Crippen molar-refractivity contribution in [2.75, 3.05) is 69.5 Å². The standard InChI is InChI=1S/C61H99N13O14/c1-33(2)31-44-56(83)72(19)48(35(5)6)52(79)63-45(34(3)4)57(84)73(20)61(88)69(16)38(9)50(77)64-46(41(12)75)58(85)66(13)37(8)49(76)65-47(60(87)74-29-25-22-26-30-74)59(86)68(15)39(10)54(81)67(14)40(11)55(82)70(17)43(32-42-27-23-21-24-28-42)51(78)62-36(7)53(80)71(44)18/h21,23-24,27-28,33-41,43-48,75H,22,25-26,29-32H2,1-20H3,(H,62,78)(H,63,79)(H,64,77)(H,65,76)/t36?,37-,38-,39-,40?,41+,43-,44-,45-,46-,47-,48-/m0/s1. The first kappa shape index (κ1) is 74.5. The van der Waals surface area contributed by atoms with E-state index in [9.17, 15) is 67.4 Å². The van der Waals surface area contributed by atoms with Gasteiger partial charge in [-0.15, -0.1) is 0 Å². The van der Waals surface area contributed by atoms with E-state index in [1.165, 1.54) is 106 Å². The van der Waals surface area contributed by atoms with E-state index in [4.69, 9.17) is 0 Å². The van der Waals surface area contributed by atoms with Crippen LogP contribution in [0.25, 0.3) is 0 Å². The highest BCUT2D eigenvalue weighted by molar-refractivity contribution is 6.09. The first-order valence-electron chi connectivity index (χ1n) is 30.2. The number of urea groups is 1. The Labute approximate surface area is 518 Å². The fourth-order valence-corrected chi connectivity index (χ4v) is 10.6. The molecule has 0 aliphatic carbocycles. The molecule has 2 saturated heterocycles. The summed E-state index contributed by atoms with van der Waals surface area (Å²) in [6.45, 7) is 18.8. The lowest BCUT2D eigenvalue weighted by atomic mass is 9.96. The van der Waals surface area contributed by atoms with Crippen molar-refractivity contribution in [3.8, 4) is 0 Å². The van der Waals surface area contributed by atoms with Gasteiger partial charge in [0.15, 0.2) is 6.04 Å². The molecule has 0 aromatic heterocycles. The molecule has 0 bridgehead atoms. The Morgan fingerprint density at radius 1 is 0.477 bits per heavy atom. The zero-order valence-electron chi connectivity index (χ0n) is 55.3. The van der Waals surface area contributed by atoms with E-state index in [-0.39, 0.29) is 31.8 Å². The molecule has 3 rings (SSSR count). The normalized spacial score (nSPS) is 27.9. The van der Waals surface area contributed by atoms with Crippen LogP contribution in [-0.2, 0) is 64.0 Å². The number of imide groups is 1. The number of piperidine rings is 1. The second-order valence-corrected chi connectivity index (χ2v) is 24.7. The number of nitrogens with zero attached hydrogens (tertiary/aromatic N) is 9. The maximum atomic E-state index is 14.8. The molecular weight excluding hydrogens is 1140 g/mol. The molecular formula is C61H99N13O14. The fourth-order valence-electron chi connectivity index (χ4n) is 10.6. The lowest BCUT2D eigenvalue weighted by molar-refractivity contribution is -0.154. The second kappa shape index (κ2) is 32.5. The highest BCUT2D eigenvalue weighted by Crippen LogP contribution is 2.22. The number of benzene rings is 1. The average molecular weight is 1240 g/mol. The summed E-state index contributed by atoms with van der Waals surface area (Å²) in [5.41, 5.74) is 0.640. The number of aliphatic hydroxyl groups is 1. The summed E-state index contributed by atoms with van der Waals surface area (Å²) in [7, 11) is 10.3. The van der Waals surface area contributed by atoms with Crippen LogP contribution in [0.5, 0.6) is 0 Å². The monoisotopic (exact) mass is 1240 g/mol. The van der Waals surface area contributed by atoms with Gasteiger partial charge < -0.3 is 65.6 Å². The molecule has 0 radical (unpaired) electrons. The van der Waals surface area contributed by atoms with Gasteiger partial charge in [-0.1, -0.05) is 71.9 Å². The predicted molar refractivity (Wildman–Crippen MR) is 327 cm³/mol. The number of hydrogen-bond acceptors (Lipinski definition) is 14. The summed E-state index contributed by atoms with van der Waals surface area (Å²) in [4.78, 5) is 197. The van der Waals surface area contributed by atoms with Gasteiger partial charge in [0.05, 0.1) is 6.10 Å². The van der Waals surface area contributed by atoms with Crippen molar-refractivity contribution in [2.24, 2.45) is 17.8 Å². The van der Waals surface area contributed by atoms with Crippen LogP contribution in [0.4, 0.5) is 4.79 Å². The molecule has 88 heavy (non-hydrogen) atoms. The number of aliphatic hydroxyl groups excluding tert-OH is 1. The van der Waals surface area contributed by atoms with Crippen molar-refractivity contribution in [1.82, 2.24) is 65.4 Å². The molecule has 2 unspecified atom stereocenters. The van der Waals surface area contributed by atoms with Crippen molar-refractivity contribution in [1.29, 1.82) is 0 Å². The van der Waals surface area contributed by atoms with Crippen LogP contribution in [0.2, 0.25) is 0 Å². The van der Waals surface area contributed by atoms with E-state index in [1.54, 1.807) is 58.0 Å². The molecule has 5 N–H and O–H groups in total. The smallest absolute Gasteiger partial charge is 0.326 e. The molecule has 1 aromatic rings. The van der Waals surface area contributed by atoms with Gasteiger partial charge in [0, 0.05) is 75.9 Å². The molecule has 27 heteroatoms. The van der Waals surface area contributed by atoms with E-state index >= 15 is 0 Å². The van der Waals surface area contributed by atoms with Gasteiger partial charge in [0.1, 0.15) is 60.4 Å². The summed E-state index contributed by atoms with van der Waals surface area (Å²) in [5, 5.41) is 21.3. The first-order valence-corrected chi connectivity index (χ1v) is 30.2. The third-order valence-electron chi connectivity index (χ3n) is 17.1. The van der Waals surface area contributed by atoms with Gasteiger partial charge in [-0.25, -0.2) is 4.79 Å². The van der Waals surface area contributed by atoms with Crippen LogP contribution < -0.4 is 21.3 Å². The highest BCUT2D eigenvalue weighted by Gasteiger charge is 2.45. The van der Waals surface area contributed by atoms with E-state index in [1.807, 2.05) is 13.8 Å². The van der Waals surface area contributed by atoms with Crippen LogP contribution in [0.1, 0.15) is 114 Å². The van der Waals surface area contributed by atoms with Crippen LogP contribution >= 0.6 is 0 Å². The molecule has 0 spiro atoms. The topological polar surface area (TPSA) is 319 Å². The van der Waals surface area contributed by atoms with Gasteiger partial charge in [-0.2, -0.15) is 0 Å². The van der Waals surface area contributed by atoms with E-state index in [0.29, 0.717) is 23.3 Å². The number of likely N-dealkylation sites (N-methyl/N-ethyl adjacent to an activating group) is 8. The molecule has 0 saturated carbocycles. The third kappa shape index (κ3) is 18.2. The Morgan fingerprint density at radius 3 is 1.47 bits per heavy atom. The van der Waals surface area contributed by atoms with Crippen LogP contribution in [0.15, 0.2) is 30.3 Å².